The molecule has 0 aromatic rings. The molecule has 162 valence electrons. The van der Waals surface area contributed by atoms with E-state index in [1.807, 2.05) is 0 Å². The van der Waals surface area contributed by atoms with Gasteiger partial charge in [0.05, 0.1) is 0 Å². The molecule has 0 aromatic heterocycles. The molecule has 1 atom stereocenters. The lowest BCUT2D eigenvalue weighted by atomic mass is 10.0. The number of carbonyl (C=O) groups excluding carboxylic acids is 1. The topological polar surface area (TPSA) is 81.5 Å². The predicted octanol–water partition coefficient (Wildman–Crippen LogP) is 5.95. The molecule has 0 saturated carbocycles. The summed E-state index contributed by atoms with van der Waals surface area (Å²) in [7, 11) is 0. The smallest absolute Gasteiger partial charge is 0.326 e. The zero-order valence-corrected chi connectivity index (χ0v) is 18.0. The van der Waals surface area contributed by atoms with Crippen LogP contribution in [-0.4, -0.2) is 40.2 Å². The molecule has 28 heavy (non-hydrogen) atoms. The first-order chi connectivity index (χ1) is 13.6. The van der Waals surface area contributed by atoms with Crippen molar-refractivity contribution in [2.45, 2.75) is 122 Å². The number of nitrogens with zero attached hydrogens (tertiary/aromatic N) is 1. The lowest BCUT2D eigenvalue weighted by Gasteiger charge is -2.21. The van der Waals surface area contributed by atoms with Gasteiger partial charge in [-0.25, -0.2) is 4.79 Å². The largest absolute Gasteiger partial charge is 0.480 e. The van der Waals surface area contributed by atoms with E-state index in [0.29, 0.717) is 19.4 Å². The van der Waals surface area contributed by atoms with Gasteiger partial charge in [0, 0.05) is 18.7 Å². The van der Waals surface area contributed by atoms with Crippen LogP contribution in [0.15, 0.2) is 0 Å². The summed E-state index contributed by atoms with van der Waals surface area (Å²) in [5.41, 5.74) is 0.916. The Hall–Kier alpha value is -1.39. The Morgan fingerprint density at radius 1 is 0.857 bits per heavy atom. The summed E-state index contributed by atoms with van der Waals surface area (Å²) in [5, 5.41) is 17.2. The molecule has 1 aliphatic heterocycles. The Balaban J connectivity index is 1.91. The highest BCUT2D eigenvalue weighted by atomic mass is 16.4. The summed E-state index contributed by atoms with van der Waals surface area (Å²) in [4.78, 5) is 24.9. The van der Waals surface area contributed by atoms with Gasteiger partial charge in [0.1, 0.15) is 6.04 Å². The van der Waals surface area contributed by atoms with Gasteiger partial charge < -0.3 is 15.4 Å². The fraction of sp³-hybridized carbons (Fsp3) is 0.870. The van der Waals surface area contributed by atoms with E-state index in [2.05, 4.69) is 6.92 Å². The monoisotopic (exact) mass is 394 g/mol. The van der Waals surface area contributed by atoms with Crippen LogP contribution in [0.1, 0.15) is 116 Å². The summed E-state index contributed by atoms with van der Waals surface area (Å²) in [6.45, 7) is 2.83. The number of aliphatic carboxylic acids is 1. The van der Waals surface area contributed by atoms with Gasteiger partial charge in [-0.1, -0.05) is 64.7 Å². The number of carboxylic acid groups (broad SMARTS) is 1. The minimum Gasteiger partial charge on any atom is -0.480 e. The number of nitrogens with one attached hydrogen (secondary N) is 1. The highest BCUT2D eigenvalue weighted by Crippen LogP contribution is 2.19. The van der Waals surface area contributed by atoms with Gasteiger partial charge in [0.2, 0.25) is 5.91 Å². The van der Waals surface area contributed by atoms with Crippen LogP contribution in [0.5, 0.6) is 0 Å². The van der Waals surface area contributed by atoms with Crippen molar-refractivity contribution >= 4 is 17.6 Å². The highest BCUT2D eigenvalue weighted by molar-refractivity contribution is 5.84. The van der Waals surface area contributed by atoms with Crippen molar-refractivity contribution in [3.63, 3.8) is 0 Å². The molecule has 1 aliphatic rings. The van der Waals surface area contributed by atoms with Gasteiger partial charge in [-0.15, -0.1) is 0 Å². The van der Waals surface area contributed by atoms with E-state index in [0.717, 1.165) is 50.7 Å². The molecular weight excluding hydrogens is 352 g/mol. The first-order valence-electron chi connectivity index (χ1n) is 11.6. The van der Waals surface area contributed by atoms with Gasteiger partial charge in [-0.05, 0) is 44.9 Å². The van der Waals surface area contributed by atoms with Gasteiger partial charge in [-0.3, -0.25) is 4.79 Å². The molecular formula is C23H42N2O3. The van der Waals surface area contributed by atoms with Crippen molar-refractivity contribution in [2.75, 3.05) is 6.54 Å². The van der Waals surface area contributed by atoms with E-state index in [1.54, 1.807) is 4.90 Å². The molecule has 5 nitrogen and oxygen atoms in total. The molecule has 5 heteroatoms. The Morgan fingerprint density at radius 2 is 1.36 bits per heavy atom. The van der Waals surface area contributed by atoms with Gasteiger partial charge in [-0.2, -0.15) is 0 Å². The second kappa shape index (κ2) is 15.5. The van der Waals surface area contributed by atoms with Crippen molar-refractivity contribution < 1.29 is 14.7 Å². The molecule has 0 aliphatic carbocycles. The first-order valence-corrected chi connectivity index (χ1v) is 11.6. The van der Waals surface area contributed by atoms with E-state index in [-0.39, 0.29) is 5.91 Å². The lowest BCUT2D eigenvalue weighted by molar-refractivity contribution is -0.148. The van der Waals surface area contributed by atoms with Crippen LogP contribution in [0.25, 0.3) is 0 Å². The van der Waals surface area contributed by atoms with E-state index < -0.39 is 12.0 Å². The molecule has 0 bridgehead atoms. The molecule has 1 saturated heterocycles. The van der Waals surface area contributed by atoms with Gasteiger partial charge in [0.15, 0.2) is 0 Å². The number of rotatable bonds is 17. The first kappa shape index (κ1) is 24.6. The normalized spacial score (nSPS) is 16.5. The second-order valence-corrected chi connectivity index (χ2v) is 8.33. The fourth-order valence-electron chi connectivity index (χ4n) is 4.03. The number of likely N-dealkylation sites (tertiary alicyclic amines) is 1. The summed E-state index contributed by atoms with van der Waals surface area (Å²) in [6, 6.07) is -0.598. The number of amides is 1. The molecule has 1 heterocycles. The SMILES string of the molecule is CCCCCCCCC(=N)CCCCCCCCC(=O)N1CCCC1C(=O)O. The summed E-state index contributed by atoms with van der Waals surface area (Å²) < 4.78 is 0. The Morgan fingerprint density at radius 3 is 1.89 bits per heavy atom. The van der Waals surface area contributed by atoms with E-state index in [9.17, 15) is 9.59 Å². The van der Waals surface area contributed by atoms with Crippen LogP contribution in [0.3, 0.4) is 0 Å². The number of carbonyl (C=O) groups is 2. The Kier molecular flexibility index (Phi) is 13.7. The van der Waals surface area contributed by atoms with E-state index in [1.165, 1.54) is 51.4 Å². The lowest BCUT2D eigenvalue weighted by Crippen LogP contribution is -2.40. The van der Waals surface area contributed by atoms with Crippen LogP contribution in [0.4, 0.5) is 0 Å². The van der Waals surface area contributed by atoms with Crippen LogP contribution < -0.4 is 0 Å². The maximum absolute atomic E-state index is 12.2. The Labute approximate surface area is 171 Å². The molecule has 0 aromatic carbocycles. The fourth-order valence-corrected chi connectivity index (χ4v) is 4.03. The second-order valence-electron chi connectivity index (χ2n) is 8.33. The molecule has 1 amide bonds. The van der Waals surface area contributed by atoms with Crippen molar-refractivity contribution in [3.05, 3.63) is 0 Å². The average molecular weight is 395 g/mol. The maximum Gasteiger partial charge on any atom is 0.326 e. The summed E-state index contributed by atoms with van der Waals surface area (Å²) in [5.74, 6) is -0.860. The summed E-state index contributed by atoms with van der Waals surface area (Å²) >= 11 is 0. The molecule has 1 rings (SSSR count). The standard InChI is InChI=1S/C23H42N2O3/c1-2-3-4-5-8-11-15-20(24)16-12-9-6-7-10-13-18-22(26)25-19-14-17-21(25)23(27)28/h21,24H,2-19H2,1H3,(H,27,28). The zero-order valence-electron chi connectivity index (χ0n) is 18.0. The molecule has 2 N–H and O–H groups in total. The third-order valence-electron chi connectivity index (χ3n) is 5.81. The highest BCUT2D eigenvalue weighted by Gasteiger charge is 2.33. The van der Waals surface area contributed by atoms with Crippen LogP contribution in [0, 0.1) is 5.41 Å². The van der Waals surface area contributed by atoms with Gasteiger partial charge >= 0.3 is 5.97 Å². The van der Waals surface area contributed by atoms with Crippen molar-refractivity contribution in [1.82, 2.24) is 4.90 Å². The Bertz CT molecular complexity index is 465. The molecule has 1 unspecified atom stereocenters. The third-order valence-corrected chi connectivity index (χ3v) is 5.81. The van der Waals surface area contributed by atoms with Crippen LogP contribution in [0.2, 0.25) is 0 Å². The average Bonchev–Trinajstić information content (AvgIpc) is 3.17. The van der Waals surface area contributed by atoms with Gasteiger partial charge in [0.25, 0.3) is 0 Å². The van der Waals surface area contributed by atoms with Crippen LogP contribution in [-0.2, 0) is 9.59 Å². The van der Waals surface area contributed by atoms with Crippen LogP contribution >= 0.6 is 0 Å². The number of carboxylic acids is 1. The maximum atomic E-state index is 12.2. The van der Waals surface area contributed by atoms with E-state index >= 15 is 0 Å². The molecule has 0 radical (unpaired) electrons. The number of unbranched alkanes of at least 4 members (excludes halogenated alkanes) is 10. The van der Waals surface area contributed by atoms with E-state index in [4.69, 9.17) is 10.5 Å². The van der Waals surface area contributed by atoms with Crippen molar-refractivity contribution in [2.24, 2.45) is 0 Å². The molecule has 0 spiro atoms. The van der Waals surface area contributed by atoms with Crippen molar-refractivity contribution in [1.29, 1.82) is 5.41 Å². The summed E-state index contributed by atoms with van der Waals surface area (Å²) in [6.07, 6.45) is 18.0. The molecule has 1 fully saturated rings. The minimum atomic E-state index is -0.868. The zero-order chi connectivity index (χ0) is 20.6. The number of hydrogen-bond acceptors (Lipinski definition) is 3. The predicted molar refractivity (Wildman–Crippen MR) is 115 cm³/mol. The minimum absolute atomic E-state index is 0.00745. The number of hydrogen-bond donors (Lipinski definition) is 2. The quantitative estimate of drug-likeness (QED) is 0.236. The third kappa shape index (κ3) is 10.8. The van der Waals surface area contributed by atoms with Crippen molar-refractivity contribution in [3.8, 4) is 0 Å².